The van der Waals surface area contributed by atoms with Gasteiger partial charge >= 0.3 is 6.03 Å². The first-order chi connectivity index (χ1) is 15.7. The number of hydrogen-bond donors (Lipinski definition) is 3. The minimum absolute atomic E-state index is 0.0463. The maximum Gasteiger partial charge on any atom is 0.314 e. The standard InChI is InChI=1S/C19H16ClF3N2O2.C3H6N2O/c20-16-7-2-1-6-15(16)17(18(27)24-13-9-19(22,23)10-13)25(11-26)14-5-3-4-12(21)8-14;6-3-4-1-2-5-3/h1-8,11,13,17H,9-10H2,(H,24,27);1-2H2,(H2,4,5,6). The van der Waals surface area contributed by atoms with Crippen LogP contribution < -0.4 is 20.9 Å². The number of carbonyl (C=O) groups excluding carboxylic acids is 3. The summed E-state index contributed by atoms with van der Waals surface area (Å²) in [5, 5.41) is 7.89. The van der Waals surface area contributed by atoms with Crippen LogP contribution in [-0.4, -0.2) is 43.4 Å². The Morgan fingerprint density at radius 2 is 1.82 bits per heavy atom. The van der Waals surface area contributed by atoms with Crippen LogP contribution in [0.4, 0.5) is 23.7 Å². The number of nitrogens with one attached hydrogen (secondary N) is 3. The van der Waals surface area contributed by atoms with Crippen molar-refractivity contribution in [1.29, 1.82) is 0 Å². The van der Waals surface area contributed by atoms with Crippen LogP contribution in [-0.2, 0) is 9.59 Å². The molecule has 1 atom stereocenters. The number of rotatable bonds is 6. The third kappa shape index (κ3) is 6.38. The molecule has 0 spiro atoms. The van der Waals surface area contributed by atoms with Crippen LogP contribution in [0.1, 0.15) is 24.4 Å². The van der Waals surface area contributed by atoms with Gasteiger partial charge < -0.3 is 16.0 Å². The lowest BCUT2D eigenvalue weighted by Crippen LogP contribution is -2.53. The summed E-state index contributed by atoms with van der Waals surface area (Å²) in [6.45, 7) is 1.55. The summed E-state index contributed by atoms with van der Waals surface area (Å²) in [6.07, 6.45) is -0.540. The molecule has 1 heterocycles. The number of benzene rings is 2. The number of carbonyl (C=O) groups is 3. The molecule has 1 unspecified atom stereocenters. The summed E-state index contributed by atoms with van der Waals surface area (Å²) in [6, 6.07) is 9.58. The van der Waals surface area contributed by atoms with E-state index in [9.17, 15) is 27.6 Å². The lowest BCUT2D eigenvalue weighted by molar-refractivity contribution is -0.131. The van der Waals surface area contributed by atoms with E-state index >= 15 is 0 Å². The Morgan fingerprint density at radius 3 is 2.33 bits per heavy atom. The van der Waals surface area contributed by atoms with E-state index in [1.807, 2.05) is 0 Å². The van der Waals surface area contributed by atoms with Crippen molar-refractivity contribution in [3.05, 3.63) is 64.9 Å². The maximum atomic E-state index is 13.6. The second kappa shape index (κ2) is 10.6. The molecule has 33 heavy (non-hydrogen) atoms. The fraction of sp³-hybridized carbons (Fsp3) is 0.318. The Balaban J connectivity index is 0.000000442. The predicted octanol–water partition coefficient (Wildman–Crippen LogP) is 3.40. The number of alkyl halides is 2. The molecule has 1 saturated carbocycles. The van der Waals surface area contributed by atoms with E-state index in [0.29, 0.717) is 12.0 Å². The first kappa shape index (κ1) is 24.4. The first-order valence-electron chi connectivity index (χ1n) is 10.1. The van der Waals surface area contributed by atoms with Crippen molar-refractivity contribution in [3.8, 4) is 0 Å². The quantitative estimate of drug-likeness (QED) is 0.551. The molecular weight excluding hydrogens is 461 g/mol. The summed E-state index contributed by atoms with van der Waals surface area (Å²) < 4.78 is 39.8. The van der Waals surface area contributed by atoms with Crippen LogP contribution in [0, 0.1) is 5.82 Å². The highest BCUT2D eigenvalue weighted by molar-refractivity contribution is 6.31. The van der Waals surface area contributed by atoms with Gasteiger partial charge in [0.2, 0.25) is 12.3 Å². The minimum atomic E-state index is -2.80. The van der Waals surface area contributed by atoms with E-state index in [1.54, 1.807) is 24.3 Å². The summed E-state index contributed by atoms with van der Waals surface area (Å²) in [5.74, 6) is -4.05. The van der Waals surface area contributed by atoms with Crippen molar-refractivity contribution in [2.45, 2.75) is 30.8 Å². The number of anilines is 1. The van der Waals surface area contributed by atoms with Crippen LogP contribution in [0.5, 0.6) is 0 Å². The Labute approximate surface area is 193 Å². The zero-order valence-corrected chi connectivity index (χ0v) is 18.1. The van der Waals surface area contributed by atoms with Crippen LogP contribution in [0.15, 0.2) is 48.5 Å². The maximum absolute atomic E-state index is 13.6. The largest absolute Gasteiger partial charge is 0.351 e. The Morgan fingerprint density at radius 1 is 1.15 bits per heavy atom. The second-order valence-electron chi connectivity index (χ2n) is 7.57. The molecule has 2 aromatic rings. The number of nitrogens with zero attached hydrogens (tertiary/aromatic N) is 1. The molecule has 0 radical (unpaired) electrons. The minimum Gasteiger partial charge on any atom is -0.351 e. The molecule has 0 bridgehead atoms. The lowest BCUT2D eigenvalue weighted by atomic mass is 9.87. The molecule has 2 aromatic carbocycles. The Hall–Kier alpha value is -3.27. The summed E-state index contributed by atoms with van der Waals surface area (Å²) in [5.41, 5.74) is 0.447. The zero-order chi connectivity index (χ0) is 24.0. The summed E-state index contributed by atoms with van der Waals surface area (Å²) >= 11 is 6.20. The molecule has 11 heteroatoms. The topological polar surface area (TPSA) is 90.5 Å². The molecular formula is C22H22ClF3N4O3. The van der Waals surface area contributed by atoms with E-state index in [0.717, 1.165) is 24.1 Å². The molecule has 1 aliphatic heterocycles. The van der Waals surface area contributed by atoms with Gasteiger partial charge in [0.05, 0.1) is 0 Å². The normalized spacial score (nSPS) is 17.4. The van der Waals surface area contributed by atoms with Crippen molar-refractivity contribution < 1.29 is 27.6 Å². The number of hydrogen-bond acceptors (Lipinski definition) is 3. The summed E-state index contributed by atoms with van der Waals surface area (Å²) in [7, 11) is 0. The number of urea groups is 1. The molecule has 7 nitrogen and oxygen atoms in total. The van der Waals surface area contributed by atoms with Gasteiger partial charge in [-0.3, -0.25) is 14.5 Å². The van der Waals surface area contributed by atoms with Gasteiger partial charge in [-0.15, -0.1) is 0 Å². The molecule has 1 saturated heterocycles. The van der Waals surface area contributed by atoms with Gasteiger partial charge in [0.1, 0.15) is 11.9 Å². The summed E-state index contributed by atoms with van der Waals surface area (Å²) in [4.78, 5) is 35.7. The third-order valence-corrected chi connectivity index (χ3v) is 5.42. The van der Waals surface area contributed by atoms with E-state index in [1.165, 1.54) is 18.2 Å². The van der Waals surface area contributed by atoms with E-state index < -0.39 is 42.6 Å². The second-order valence-corrected chi connectivity index (χ2v) is 7.98. The molecule has 0 aromatic heterocycles. The first-order valence-corrected chi connectivity index (χ1v) is 10.5. The van der Waals surface area contributed by atoms with E-state index in [2.05, 4.69) is 16.0 Å². The van der Waals surface area contributed by atoms with Gasteiger partial charge in [0.25, 0.3) is 5.92 Å². The van der Waals surface area contributed by atoms with Gasteiger partial charge in [-0.1, -0.05) is 35.9 Å². The Kier molecular flexibility index (Phi) is 7.80. The monoisotopic (exact) mass is 482 g/mol. The molecule has 4 rings (SSSR count). The van der Waals surface area contributed by atoms with Crippen molar-refractivity contribution in [1.82, 2.24) is 16.0 Å². The van der Waals surface area contributed by atoms with Crippen molar-refractivity contribution >= 4 is 35.6 Å². The smallest absolute Gasteiger partial charge is 0.314 e. The van der Waals surface area contributed by atoms with Gasteiger partial charge in [-0.05, 0) is 24.3 Å². The van der Waals surface area contributed by atoms with Gasteiger partial charge in [-0.25, -0.2) is 18.0 Å². The van der Waals surface area contributed by atoms with Crippen LogP contribution >= 0.6 is 11.6 Å². The third-order valence-electron chi connectivity index (χ3n) is 5.08. The Bertz CT molecular complexity index is 1010. The van der Waals surface area contributed by atoms with Crippen molar-refractivity contribution in [2.24, 2.45) is 0 Å². The molecule has 2 fully saturated rings. The molecule has 2 aliphatic rings. The molecule has 4 amide bonds. The molecule has 1 aliphatic carbocycles. The van der Waals surface area contributed by atoms with Crippen LogP contribution in [0.2, 0.25) is 5.02 Å². The predicted molar refractivity (Wildman–Crippen MR) is 117 cm³/mol. The molecule has 176 valence electrons. The highest BCUT2D eigenvalue weighted by atomic mass is 35.5. The van der Waals surface area contributed by atoms with Crippen LogP contribution in [0.25, 0.3) is 0 Å². The highest BCUT2D eigenvalue weighted by Gasteiger charge is 2.47. The van der Waals surface area contributed by atoms with Crippen molar-refractivity contribution in [3.63, 3.8) is 0 Å². The van der Waals surface area contributed by atoms with Crippen LogP contribution in [0.3, 0.4) is 0 Å². The van der Waals surface area contributed by atoms with E-state index in [-0.39, 0.29) is 16.7 Å². The average molecular weight is 483 g/mol. The lowest BCUT2D eigenvalue weighted by Gasteiger charge is -2.37. The number of halogens is 4. The van der Waals surface area contributed by atoms with Gasteiger partial charge in [-0.2, -0.15) is 0 Å². The fourth-order valence-electron chi connectivity index (χ4n) is 3.48. The number of amides is 4. The fourth-order valence-corrected chi connectivity index (χ4v) is 3.72. The SMILES string of the molecule is O=C1NCCN1.O=CN(c1cccc(F)c1)C(C(=O)NC1CC(F)(F)C1)c1ccccc1Cl. The average Bonchev–Trinajstić information content (AvgIpc) is 3.22. The highest BCUT2D eigenvalue weighted by Crippen LogP contribution is 2.38. The van der Waals surface area contributed by atoms with Gasteiger partial charge in [0, 0.05) is 48.2 Å². The van der Waals surface area contributed by atoms with Gasteiger partial charge in [0.15, 0.2) is 0 Å². The van der Waals surface area contributed by atoms with E-state index in [4.69, 9.17) is 11.6 Å². The van der Waals surface area contributed by atoms with Crippen molar-refractivity contribution in [2.75, 3.05) is 18.0 Å². The zero-order valence-electron chi connectivity index (χ0n) is 17.4. The molecule has 3 N–H and O–H groups in total.